The summed E-state index contributed by atoms with van der Waals surface area (Å²) in [6.45, 7) is 0.890. The molecule has 0 aromatic heterocycles. The zero-order valence-electron chi connectivity index (χ0n) is 7.08. The summed E-state index contributed by atoms with van der Waals surface area (Å²) < 4.78 is 0. The van der Waals surface area contributed by atoms with Crippen molar-refractivity contribution in [1.29, 1.82) is 0 Å². The number of carbonyl (C=O) groups is 1. The van der Waals surface area contributed by atoms with Crippen LogP contribution in [0.2, 0.25) is 0 Å². The van der Waals surface area contributed by atoms with Crippen molar-refractivity contribution < 1.29 is 9.90 Å². The Balaban J connectivity index is 3.31. The van der Waals surface area contributed by atoms with Crippen LogP contribution >= 0.6 is 0 Å². The summed E-state index contributed by atoms with van der Waals surface area (Å²) in [6.07, 6.45) is 1.38. The van der Waals surface area contributed by atoms with E-state index >= 15 is 0 Å². The van der Waals surface area contributed by atoms with Crippen molar-refractivity contribution in [2.75, 3.05) is 20.6 Å². The van der Waals surface area contributed by atoms with Crippen LogP contribution in [0.25, 0.3) is 0 Å². The van der Waals surface area contributed by atoms with Crippen LogP contribution in [0, 0.1) is 0 Å². The molecule has 0 heterocycles. The van der Waals surface area contributed by atoms with Gasteiger partial charge in [-0.05, 0) is 33.5 Å². The van der Waals surface area contributed by atoms with Crippen LogP contribution < -0.4 is 5.73 Å². The summed E-state index contributed by atoms with van der Waals surface area (Å²) in [5.74, 6) is -0.913. The van der Waals surface area contributed by atoms with Crippen molar-refractivity contribution in [3.05, 3.63) is 0 Å². The lowest BCUT2D eigenvalue weighted by atomic mass is 10.2. The maximum absolute atomic E-state index is 10.2. The fourth-order valence-corrected chi connectivity index (χ4v) is 0.751. The highest BCUT2D eigenvalue weighted by Crippen LogP contribution is 1.95. The Labute approximate surface area is 67.0 Å². The maximum atomic E-state index is 10.2. The van der Waals surface area contributed by atoms with Gasteiger partial charge in [-0.3, -0.25) is 4.79 Å². The number of nitrogens with zero attached hydrogens (tertiary/aromatic N) is 1. The Morgan fingerprint density at radius 3 is 2.55 bits per heavy atom. The van der Waals surface area contributed by atoms with E-state index in [1.165, 1.54) is 0 Å². The molecule has 0 aliphatic carbocycles. The fourth-order valence-electron chi connectivity index (χ4n) is 0.751. The van der Waals surface area contributed by atoms with Gasteiger partial charge >= 0.3 is 5.97 Å². The predicted molar refractivity (Wildman–Crippen MR) is 43.4 cm³/mol. The van der Waals surface area contributed by atoms with Gasteiger partial charge in [-0.25, -0.2) is 0 Å². The third-order valence-electron chi connectivity index (χ3n) is 1.44. The van der Waals surface area contributed by atoms with Crippen LogP contribution in [0.5, 0.6) is 0 Å². The standard InChI is InChI=1S/C7H16N2O2/c1-9(2)5-3-4-6(8)7(10)11/h6H,3-5,8H2,1-2H3,(H,10,11). The molecule has 4 nitrogen and oxygen atoms in total. The van der Waals surface area contributed by atoms with Crippen LogP contribution in [0.15, 0.2) is 0 Å². The molecule has 0 radical (unpaired) electrons. The van der Waals surface area contributed by atoms with E-state index < -0.39 is 12.0 Å². The highest BCUT2D eigenvalue weighted by Gasteiger charge is 2.09. The molecule has 0 saturated heterocycles. The van der Waals surface area contributed by atoms with Crippen molar-refractivity contribution in [2.24, 2.45) is 5.73 Å². The molecule has 0 amide bonds. The molecule has 0 spiro atoms. The monoisotopic (exact) mass is 160 g/mol. The molecule has 0 aliphatic rings. The van der Waals surface area contributed by atoms with E-state index in [0.29, 0.717) is 6.42 Å². The molecular formula is C7H16N2O2. The second kappa shape index (κ2) is 5.09. The lowest BCUT2D eigenvalue weighted by Crippen LogP contribution is -2.30. The van der Waals surface area contributed by atoms with E-state index in [4.69, 9.17) is 10.8 Å². The van der Waals surface area contributed by atoms with E-state index in [0.717, 1.165) is 13.0 Å². The van der Waals surface area contributed by atoms with Gasteiger partial charge in [-0.1, -0.05) is 0 Å². The summed E-state index contributed by atoms with van der Waals surface area (Å²) in [4.78, 5) is 12.2. The zero-order valence-corrected chi connectivity index (χ0v) is 7.08. The highest BCUT2D eigenvalue weighted by atomic mass is 16.4. The molecule has 11 heavy (non-hydrogen) atoms. The normalized spacial score (nSPS) is 13.5. The average molecular weight is 160 g/mol. The van der Waals surface area contributed by atoms with Gasteiger partial charge < -0.3 is 15.7 Å². The first-order valence-corrected chi connectivity index (χ1v) is 3.67. The molecule has 0 aliphatic heterocycles. The molecule has 1 unspecified atom stereocenters. The Morgan fingerprint density at radius 1 is 1.64 bits per heavy atom. The van der Waals surface area contributed by atoms with Crippen LogP contribution in [0.1, 0.15) is 12.8 Å². The molecule has 0 aromatic rings. The Morgan fingerprint density at radius 2 is 2.18 bits per heavy atom. The minimum Gasteiger partial charge on any atom is -0.480 e. The van der Waals surface area contributed by atoms with Gasteiger partial charge in [0.2, 0.25) is 0 Å². The third-order valence-corrected chi connectivity index (χ3v) is 1.44. The van der Waals surface area contributed by atoms with Gasteiger partial charge in [0.15, 0.2) is 0 Å². The molecule has 0 aromatic carbocycles. The number of carboxylic acids is 1. The van der Waals surface area contributed by atoms with Crippen molar-refractivity contribution in [3.63, 3.8) is 0 Å². The summed E-state index contributed by atoms with van der Waals surface area (Å²) in [5, 5.41) is 8.41. The summed E-state index contributed by atoms with van der Waals surface area (Å²) in [5.41, 5.74) is 5.28. The Hall–Kier alpha value is -0.610. The van der Waals surface area contributed by atoms with Gasteiger partial charge in [0.1, 0.15) is 6.04 Å². The number of rotatable bonds is 5. The number of aliphatic carboxylic acids is 1. The molecule has 4 heteroatoms. The zero-order chi connectivity index (χ0) is 8.85. The van der Waals surface area contributed by atoms with Crippen LogP contribution in [-0.4, -0.2) is 42.7 Å². The minimum atomic E-state index is -0.913. The quantitative estimate of drug-likeness (QED) is 0.581. The van der Waals surface area contributed by atoms with Crippen molar-refractivity contribution in [2.45, 2.75) is 18.9 Å². The minimum absolute atomic E-state index is 0.549. The van der Waals surface area contributed by atoms with Gasteiger partial charge in [-0.2, -0.15) is 0 Å². The van der Waals surface area contributed by atoms with Crippen molar-refractivity contribution in [1.82, 2.24) is 4.90 Å². The fraction of sp³-hybridized carbons (Fsp3) is 0.857. The number of hydrogen-bond acceptors (Lipinski definition) is 3. The third kappa shape index (κ3) is 5.82. The number of carboxylic acid groups (broad SMARTS) is 1. The van der Waals surface area contributed by atoms with E-state index in [9.17, 15) is 4.79 Å². The van der Waals surface area contributed by atoms with Crippen LogP contribution in [0.4, 0.5) is 0 Å². The van der Waals surface area contributed by atoms with E-state index in [2.05, 4.69) is 0 Å². The van der Waals surface area contributed by atoms with E-state index in [1.807, 2.05) is 19.0 Å². The van der Waals surface area contributed by atoms with Gasteiger partial charge in [0.05, 0.1) is 0 Å². The van der Waals surface area contributed by atoms with Crippen molar-refractivity contribution in [3.8, 4) is 0 Å². The molecule has 0 saturated carbocycles. The molecule has 1 atom stereocenters. The van der Waals surface area contributed by atoms with Crippen molar-refractivity contribution >= 4 is 5.97 Å². The second-order valence-electron chi connectivity index (χ2n) is 2.89. The van der Waals surface area contributed by atoms with Crippen LogP contribution in [0.3, 0.4) is 0 Å². The van der Waals surface area contributed by atoms with Gasteiger partial charge in [-0.15, -0.1) is 0 Å². The summed E-state index contributed by atoms with van der Waals surface area (Å²) >= 11 is 0. The molecular weight excluding hydrogens is 144 g/mol. The van der Waals surface area contributed by atoms with E-state index in [1.54, 1.807) is 0 Å². The molecule has 0 bridgehead atoms. The van der Waals surface area contributed by atoms with Gasteiger partial charge in [0.25, 0.3) is 0 Å². The SMILES string of the molecule is CN(C)CCCC(N)C(=O)O. The lowest BCUT2D eigenvalue weighted by Gasteiger charge is -2.10. The molecule has 66 valence electrons. The first-order valence-electron chi connectivity index (χ1n) is 3.67. The largest absolute Gasteiger partial charge is 0.480 e. The highest BCUT2D eigenvalue weighted by molar-refractivity contribution is 5.72. The van der Waals surface area contributed by atoms with Crippen LogP contribution in [-0.2, 0) is 4.79 Å². The first-order chi connectivity index (χ1) is 5.04. The van der Waals surface area contributed by atoms with Gasteiger partial charge in [0, 0.05) is 0 Å². The summed E-state index contributed by atoms with van der Waals surface area (Å²) in [7, 11) is 3.90. The Kier molecular flexibility index (Phi) is 4.81. The summed E-state index contributed by atoms with van der Waals surface area (Å²) in [6, 6.07) is -0.699. The predicted octanol–water partition coefficient (Wildman–Crippen LogP) is -0.260. The maximum Gasteiger partial charge on any atom is 0.320 e. The Bertz CT molecular complexity index is 126. The first kappa shape index (κ1) is 10.4. The molecule has 0 rings (SSSR count). The number of hydrogen-bond donors (Lipinski definition) is 2. The topological polar surface area (TPSA) is 66.6 Å². The number of nitrogens with two attached hydrogens (primary N) is 1. The molecule has 0 fully saturated rings. The molecule has 3 N–H and O–H groups in total. The second-order valence-corrected chi connectivity index (χ2v) is 2.89. The lowest BCUT2D eigenvalue weighted by molar-refractivity contribution is -0.138. The smallest absolute Gasteiger partial charge is 0.320 e. The average Bonchev–Trinajstić information content (AvgIpc) is 1.86. The van der Waals surface area contributed by atoms with E-state index in [-0.39, 0.29) is 0 Å².